The highest BCUT2D eigenvalue weighted by Gasteiger charge is 2.15. The molecule has 1 saturated heterocycles. The van der Waals surface area contributed by atoms with Crippen molar-refractivity contribution < 1.29 is 4.74 Å². The third-order valence-corrected chi connectivity index (χ3v) is 6.31. The lowest BCUT2D eigenvalue weighted by Crippen LogP contribution is -2.31. The fourth-order valence-corrected chi connectivity index (χ4v) is 4.53. The molecule has 3 heterocycles. The fraction of sp³-hybridized carbons (Fsp3) is 0.333. The minimum absolute atomic E-state index is 0.0827. The molecule has 2 aromatic heterocycles. The molecular formula is C27H30N4O2. The molecule has 0 atom stereocenters. The quantitative estimate of drug-likeness (QED) is 0.438. The van der Waals surface area contributed by atoms with Gasteiger partial charge in [0.15, 0.2) is 0 Å². The van der Waals surface area contributed by atoms with E-state index in [4.69, 9.17) is 9.72 Å². The molecule has 170 valence electrons. The van der Waals surface area contributed by atoms with Gasteiger partial charge in [0, 0.05) is 48.5 Å². The predicted molar refractivity (Wildman–Crippen MR) is 133 cm³/mol. The largest absolute Gasteiger partial charge is 0.494 e. The molecule has 1 fully saturated rings. The Labute approximate surface area is 193 Å². The minimum Gasteiger partial charge on any atom is -0.494 e. The molecule has 0 aliphatic carbocycles. The molecule has 0 bridgehead atoms. The molecular weight excluding hydrogens is 412 g/mol. The molecule has 6 nitrogen and oxygen atoms in total. The van der Waals surface area contributed by atoms with Crippen LogP contribution in [0.2, 0.25) is 0 Å². The Bertz CT molecular complexity index is 1290. The molecule has 5 rings (SSSR count). The summed E-state index contributed by atoms with van der Waals surface area (Å²) in [5.41, 5.74) is 2.98. The molecule has 4 aromatic rings. The van der Waals surface area contributed by atoms with E-state index < -0.39 is 0 Å². The van der Waals surface area contributed by atoms with Gasteiger partial charge in [-0.05, 0) is 62.3 Å². The number of hydrogen-bond donors (Lipinski definition) is 1. The van der Waals surface area contributed by atoms with Gasteiger partial charge < -0.3 is 14.6 Å². The number of nitrogens with zero attached hydrogens (tertiary/aromatic N) is 3. The number of pyridine rings is 2. The van der Waals surface area contributed by atoms with Gasteiger partial charge in [-0.2, -0.15) is 0 Å². The zero-order chi connectivity index (χ0) is 22.5. The van der Waals surface area contributed by atoms with E-state index in [1.165, 1.54) is 11.8 Å². The van der Waals surface area contributed by atoms with Crippen LogP contribution in [0.5, 0.6) is 5.75 Å². The molecule has 1 aliphatic rings. The first-order valence-corrected chi connectivity index (χ1v) is 11.8. The Morgan fingerprint density at radius 2 is 1.73 bits per heavy atom. The number of aromatic nitrogens is 2. The van der Waals surface area contributed by atoms with Crippen molar-refractivity contribution in [3.8, 4) is 5.75 Å². The lowest BCUT2D eigenvalue weighted by Gasteiger charge is -2.21. The number of fused-ring (bicyclic) bond motifs is 2. The molecule has 0 radical (unpaired) electrons. The Morgan fingerprint density at radius 1 is 0.879 bits per heavy atom. The number of aromatic amines is 1. The third-order valence-electron chi connectivity index (χ3n) is 6.31. The molecule has 2 aromatic carbocycles. The van der Waals surface area contributed by atoms with Gasteiger partial charge in [0.05, 0.1) is 17.8 Å². The van der Waals surface area contributed by atoms with Gasteiger partial charge in [0.1, 0.15) is 5.75 Å². The van der Waals surface area contributed by atoms with E-state index in [0.29, 0.717) is 6.61 Å². The second-order valence-electron chi connectivity index (χ2n) is 8.74. The Balaban J connectivity index is 1.07. The van der Waals surface area contributed by atoms with Crippen LogP contribution in [0.15, 0.2) is 71.5 Å². The maximum atomic E-state index is 11.4. The highest BCUT2D eigenvalue weighted by atomic mass is 16.5. The van der Waals surface area contributed by atoms with E-state index in [-0.39, 0.29) is 5.56 Å². The lowest BCUT2D eigenvalue weighted by molar-refractivity contribution is 0.228. The molecule has 6 heteroatoms. The Hall–Kier alpha value is -3.22. The summed E-state index contributed by atoms with van der Waals surface area (Å²) in [7, 11) is 0. The molecule has 0 unspecified atom stereocenters. The van der Waals surface area contributed by atoms with Crippen molar-refractivity contribution in [2.24, 2.45) is 0 Å². The Morgan fingerprint density at radius 3 is 2.70 bits per heavy atom. The summed E-state index contributed by atoms with van der Waals surface area (Å²) < 4.78 is 5.96. The second kappa shape index (κ2) is 10.1. The van der Waals surface area contributed by atoms with E-state index in [1.807, 2.05) is 24.3 Å². The van der Waals surface area contributed by atoms with Crippen LogP contribution < -0.4 is 10.3 Å². The fourth-order valence-electron chi connectivity index (χ4n) is 4.53. The normalized spacial score (nSPS) is 15.6. The van der Waals surface area contributed by atoms with E-state index in [2.05, 4.69) is 51.2 Å². The molecule has 1 aliphatic heterocycles. The zero-order valence-corrected chi connectivity index (χ0v) is 18.9. The van der Waals surface area contributed by atoms with Crippen molar-refractivity contribution in [2.75, 3.05) is 39.3 Å². The predicted octanol–water partition coefficient (Wildman–Crippen LogP) is 4.05. The smallest absolute Gasteiger partial charge is 0.248 e. The number of hydrogen-bond acceptors (Lipinski definition) is 5. The number of H-pyrrole nitrogens is 1. The van der Waals surface area contributed by atoms with Crippen molar-refractivity contribution in [1.29, 1.82) is 0 Å². The summed E-state index contributed by atoms with van der Waals surface area (Å²) in [6, 6.07) is 21.8. The average Bonchev–Trinajstić information content (AvgIpc) is 3.07. The second-order valence-corrected chi connectivity index (χ2v) is 8.74. The van der Waals surface area contributed by atoms with Crippen LogP contribution in [0.1, 0.15) is 18.5 Å². The zero-order valence-electron chi connectivity index (χ0n) is 18.9. The van der Waals surface area contributed by atoms with Gasteiger partial charge in [-0.15, -0.1) is 0 Å². The van der Waals surface area contributed by atoms with Gasteiger partial charge >= 0.3 is 0 Å². The summed E-state index contributed by atoms with van der Waals surface area (Å²) in [5, 5.41) is 2.18. The third kappa shape index (κ3) is 5.59. The van der Waals surface area contributed by atoms with E-state index in [1.54, 1.807) is 6.07 Å². The summed E-state index contributed by atoms with van der Waals surface area (Å²) in [6.07, 6.45) is 2.17. The van der Waals surface area contributed by atoms with Crippen LogP contribution in [0.3, 0.4) is 0 Å². The van der Waals surface area contributed by atoms with Gasteiger partial charge in [-0.25, -0.2) is 0 Å². The number of nitrogens with one attached hydrogen (secondary N) is 1. The van der Waals surface area contributed by atoms with Crippen LogP contribution >= 0.6 is 0 Å². The van der Waals surface area contributed by atoms with Gasteiger partial charge in [-0.3, -0.25) is 14.7 Å². The van der Waals surface area contributed by atoms with Crippen LogP contribution in [0, 0.1) is 0 Å². The standard InChI is InChI=1S/C27H30N4O2/c32-27-12-8-22-19-24(10-11-26(22)29-27)33-18-4-15-30-13-3-14-31(17-16-30)20-23-9-7-21-5-1-2-6-25(21)28-23/h1-2,5-12,19H,3-4,13-18,20H2,(H,29,32). The van der Waals surface area contributed by atoms with Crippen LogP contribution in [0.25, 0.3) is 21.8 Å². The maximum absolute atomic E-state index is 11.4. The van der Waals surface area contributed by atoms with Gasteiger partial charge in [0.25, 0.3) is 0 Å². The molecule has 0 saturated carbocycles. The number of rotatable bonds is 7. The van der Waals surface area contributed by atoms with Crippen molar-refractivity contribution in [3.63, 3.8) is 0 Å². The summed E-state index contributed by atoms with van der Waals surface area (Å²) in [5.74, 6) is 0.847. The highest BCUT2D eigenvalue weighted by molar-refractivity contribution is 5.80. The van der Waals surface area contributed by atoms with Crippen molar-refractivity contribution in [1.82, 2.24) is 19.8 Å². The number of benzene rings is 2. The summed E-state index contributed by atoms with van der Waals surface area (Å²) in [6.45, 7) is 7.04. The van der Waals surface area contributed by atoms with Crippen LogP contribution in [-0.4, -0.2) is 59.1 Å². The van der Waals surface area contributed by atoms with Crippen molar-refractivity contribution >= 4 is 21.8 Å². The molecule has 1 N–H and O–H groups in total. The summed E-state index contributed by atoms with van der Waals surface area (Å²) >= 11 is 0. The van der Waals surface area contributed by atoms with E-state index in [9.17, 15) is 4.79 Å². The first-order chi connectivity index (χ1) is 16.2. The number of para-hydroxylation sites is 1. The first-order valence-electron chi connectivity index (χ1n) is 11.8. The molecule has 0 spiro atoms. The minimum atomic E-state index is -0.0827. The highest BCUT2D eigenvalue weighted by Crippen LogP contribution is 2.18. The van der Waals surface area contributed by atoms with Crippen LogP contribution in [-0.2, 0) is 6.54 Å². The molecule has 33 heavy (non-hydrogen) atoms. The maximum Gasteiger partial charge on any atom is 0.248 e. The van der Waals surface area contributed by atoms with Crippen molar-refractivity contribution in [2.45, 2.75) is 19.4 Å². The average molecular weight is 443 g/mol. The van der Waals surface area contributed by atoms with Crippen LogP contribution in [0.4, 0.5) is 0 Å². The number of ether oxygens (including phenoxy) is 1. The van der Waals surface area contributed by atoms with Crippen molar-refractivity contribution in [3.05, 3.63) is 82.8 Å². The van der Waals surface area contributed by atoms with E-state index in [0.717, 1.165) is 73.6 Å². The van der Waals surface area contributed by atoms with Gasteiger partial charge in [-0.1, -0.05) is 24.3 Å². The molecule has 0 amide bonds. The lowest BCUT2D eigenvalue weighted by atomic mass is 10.2. The monoisotopic (exact) mass is 442 g/mol. The van der Waals surface area contributed by atoms with E-state index >= 15 is 0 Å². The first kappa shape index (κ1) is 21.6. The topological polar surface area (TPSA) is 61.5 Å². The van der Waals surface area contributed by atoms with Gasteiger partial charge in [0.2, 0.25) is 5.56 Å². The SMILES string of the molecule is O=c1ccc2cc(OCCCN3CCCN(Cc4ccc5ccccc5n4)CC3)ccc2[nH]1. The Kier molecular flexibility index (Phi) is 6.65. The summed E-state index contributed by atoms with van der Waals surface area (Å²) in [4.78, 5) is 24.2.